The molecule has 0 bridgehead atoms. The van der Waals surface area contributed by atoms with Gasteiger partial charge in [0.1, 0.15) is 5.75 Å². The zero-order chi connectivity index (χ0) is 16.7. The molecule has 0 spiro atoms. The fourth-order valence-corrected chi connectivity index (χ4v) is 3.89. The Morgan fingerprint density at radius 3 is 2.92 bits per heavy atom. The van der Waals surface area contributed by atoms with E-state index in [9.17, 15) is 9.90 Å². The minimum atomic E-state index is -1.13. The molecule has 3 atom stereocenters. The van der Waals surface area contributed by atoms with Crippen LogP contribution in [0.3, 0.4) is 0 Å². The monoisotopic (exact) mass is 320 g/mol. The lowest BCUT2D eigenvalue weighted by Gasteiger charge is -2.38. The molecule has 1 N–H and O–H groups in total. The van der Waals surface area contributed by atoms with Crippen LogP contribution in [0.4, 0.5) is 5.69 Å². The van der Waals surface area contributed by atoms with Gasteiger partial charge in [0.2, 0.25) is 0 Å². The van der Waals surface area contributed by atoms with E-state index < -0.39 is 5.97 Å². The summed E-state index contributed by atoms with van der Waals surface area (Å²) in [5.74, 6) is 0.291. The molecule has 1 aliphatic heterocycles. The Balaban J connectivity index is 1.76. The standard InChI is InChI=1S/C20H19NO3/c1-24-14-5-2-4-12(10-14)19-16-7-3-6-15(16)17-11-13(20(22)23)8-9-18(17)21-19/h2-6,8-11,15-16,19,21H,7H2,1H3,(H,22,23)/p-1/t15-,16-,19-/m0/s1. The molecule has 0 unspecified atom stereocenters. The molecule has 0 fully saturated rings. The third-order valence-electron chi connectivity index (χ3n) is 5.05. The second kappa shape index (κ2) is 5.71. The summed E-state index contributed by atoms with van der Waals surface area (Å²) in [6.07, 6.45) is 5.34. The van der Waals surface area contributed by atoms with Crippen LogP contribution in [0.25, 0.3) is 0 Å². The molecule has 4 nitrogen and oxygen atoms in total. The van der Waals surface area contributed by atoms with Crippen molar-refractivity contribution in [1.82, 2.24) is 0 Å². The Morgan fingerprint density at radius 1 is 1.25 bits per heavy atom. The second-order valence-corrected chi connectivity index (χ2v) is 6.34. The first-order valence-electron chi connectivity index (χ1n) is 8.10. The lowest BCUT2D eigenvalue weighted by Crippen LogP contribution is -2.30. The van der Waals surface area contributed by atoms with Crippen molar-refractivity contribution in [2.75, 3.05) is 12.4 Å². The van der Waals surface area contributed by atoms with Gasteiger partial charge in [-0.15, -0.1) is 0 Å². The quantitative estimate of drug-likeness (QED) is 0.883. The zero-order valence-electron chi connectivity index (χ0n) is 13.4. The largest absolute Gasteiger partial charge is 0.545 e. The molecular formula is C20H18NO3-. The summed E-state index contributed by atoms with van der Waals surface area (Å²) >= 11 is 0. The van der Waals surface area contributed by atoms with Crippen LogP contribution in [-0.4, -0.2) is 13.1 Å². The number of rotatable bonds is 3. The fraction of sp³-hybridized carbons (Fsp3) is 0.250. The average Bonchev–Trinajstić information content (AvgIpc) is 3.10. The van der Waals surface area contributed by atoms with Gasteiger partial charge >= 0.3 is 0 Å². The third kappa shape index (κ3) is 2.35. The molecule has 2 aliphatic rings. The first-order chi connectivity index (χ1) is 11.7. The van der Waals surface area contributed by atoms with Crippen molar-refractivity contribution in [3.8, 4) is 5.75 Å². The van der Waals surface area contributed by atoms with Crippen molar-refractivity contribution in [2.45, 2.75) is 18.4 Å². The molecule has 0 radical (unpaired) electrons. The predicted octanol–water partition coefficient (Wildman–Crippen LogP) is 2.89. The van der Waals surface area contributed by atoms with E-state index in [0.29, 0.717) is 5.92 Å². The number of fused-ring (bicyclic) bond motifs is 3. The summed E-state index contributed by atoms with van der Waals surface area (Å²) in [6.45, 7) is 0. The normalized spacial score (nSPS) is 24.0. The smallest absolute Gasteiger partial charge is 0.119 e. The minimum Gasteiger partial charge on any atom is -0.545 e. The minimum absolute atomic E-state index is 0.168. The Bertz CT molecular complexity index is 827. The maximum absolute atomic E-state index is 11.2. The molecule has 2 aromatic rings. The number of hydrogen-bond donors (Lipinski definition) is 1. The van der Waals surface area contributed by atoms with Crippen LogP contribution in [0.15, 0.2) is 54.6 Å². The van der Waals surface area contributed by atoms with Crippen molar-refractivity contribution in [3.63, 3.8) is 0 Å². The number of benzene rings is 2. The van der Waals surface area contributed by atoms with E-state index in [2.05, 4.69) is 29.6 Å². The SMILES string of the molecule is COc1cccc([C@@H]2Nc3ccc(C(=O)[O-])cc3[C@H]3C=CC[C@@H]32)c1. The van der Waals surface area contributed by atoms with Crippen LogP contribution in [0, 0.1) is 5.92 Å². The third-order valence-corrected chi connectivity index (χ3v) is 5.05. The Hall–Kier alpha value is -2.75. The van der Waals surface area contributed by atoms with Crippen molar-refractivity contribution >= 4 is 11.7 Å². The summed E-state index contributed by atoms with van der Waals surface area (Å²) in [5, 5.41) is 14.8. The van der Waals surface area contributed by atoms with Gasteiger partial charge in [-0.05, 0) is 53.3 Å². The van der Waals surface area contributed by atoms with Gasteiger partial charge in [0.25, 0.3) is 0 Å². The molecule has 4 rings (SSSR count). The van der Waals surface area contributed by atoms with Crippen molar-refractivity contribution in [2.24, 2.45) is 5.92 Å². The van der Waals surface area contributed by atoms with Crippen molar-refractivity contribution in [1.29, 1.82) is 0 Å². The van der Waals surface area contributed by atoms with Gasteiger partial charge in [0.05, 0.1) is 19.1 Å². The van der Waals surface area contributed by atoms with E-state index in [1.54, 1.807) is 19.2 Å². The summed E-state index contributed by atoms with van der Waals surface area (Å²) in [6, 6.07) is 13.5. The number of carbonyl (C=O) groups is 1. The van der Waals surface area contributed by atoms with Gasteiger partial charge in [-0.25, -0.2) is 0 Å². The lowest BCUT2D eigenvalue weighted by molar-refractivity contribution is -0.255. The van der Waals surface area contributed by atoms with Crippen LogP contribution in [0.1, 0.15) is 39.9 Å². The van der Waals surface area contributed by atoms with Gasteiger partial charge in [0, 0.05) is 11.6 Å². The number of methoxy groups -OCH3 is 1. The van der Waals surface area contributed by atoms with Crippen LogP contribution < -0.4 is 15.2 Å². The Labute approximate surface area is 140 Å². The molecule has 4 heteroatoms. The highest BCUT2D eigenvalue weighted by Gasteiger charge is 2.38. The lowest BCUT2D eigenvalue weighted by atomic mass is 9.76. The summed E-state index contributed by atoms with van der Waals surface area (Å²) < 4.78 is 5.35. The number of allylic oxidation sites excluding steroid dienone is 2. The van der Waals surface area contributed by atoms with Crippen molar-refractivity contribution < 1.29 is 14.6 Å². The Kier molecular flexibility index (Phi) is 3.53. The molecule has 0 saturated carbocycles. The van der Waals surface area contributed by atoms with Gasteiger partial charge in [0.15, 0.2) is 0 Å². The number of ether oxygens (including phenoxy) is 1. The topological polar surface area (TPSA) is 61.4 Å². The number of nitrogens with one attached hydrogen (secondary N) is 1. The number of carbonyl (C=O) groups excluding carboxylic acids is 1. The van der Waals surface area contributed by atoms with E-state index in [-0.39, 0.29) is 17.5 Å². The van der Waals surface area contributed by atoms with E-state index in [1.807, 2.05) is 18.2 Å². The van der Waals surface area contributed by atoms with E-state index in [0.717, 1.165) is 23.4 Å². The van der Waals surface area contributed by atoms with Gasteiger partial charge in [-0.2, -0.15) is 0 Å². The van der Waals surface area contributed by atoms with Crippen LogP contribution >= 0.6 is 0 Å². The van der Waals surface area contributed by atoms with Crippen molar-refractivity contribution in [3.05, 3.63) is 71.3 Å². The molecule has 0 saturated heterocycles. The zero-order valence-corrected chi connectivity index (χ0v) is 13.4. The Morgan fingerprint density at radius 2 is 2.12 bits per heavy atom. The molecule has 24 heavy (non-hydrogen) atoms. The van der Waals surface area contributed by atoms with E-state index in [1.165, 1.54) is 5.56 Å². The van der Waals surface area contributed by atoms with Gasteiger partial charge in [-0.3, -0.25) is 0 Å². The number of anilines is 1. The van der Waals surface area contributed by atoms with Crippen LogP contribution in [-0.2, 0) is 0 Å². The number of hydrogen-bond acceptors (Lipinski definition) is 4. The molecule has 0 aromatic heterocycles. The molecule has 1 aliphatic carbocycles. The first-order valence-corrected chi connectivity index (χ1v) is 8.10. The molecule has 0 amide bonds. The van der Waals surface area contributed by atoms with Crippen LogP contribution in [0.5, 0.6) is 5.75 Å². The molecular weight excluding hydrogens is 302 g/mol. The van der Waals surface area contributed by atoms with Gasteiger partial charge < -0.3 is 20.0 Å². The number of aromatic carboxylic acids is 1. The average molecular weight is 320 g/mol. The van der Waals surface area contributed by atoms with Crippen LogP contribution in [0.2, 0.25) is 0 Å². The summed E-state index contributed by atoms with van der Waals surface area (Å²) in [5.41, 5.74) is 3.44. The summed E-state index contributed by atoms with van der Waals surface area (Å²) in [4.78, 5) is 11.2. The highest BCUT2D eigenvalue weighted by molar-refractivity contribution is 5.87. The second-order valence-electron chi connectivity index (χ2n) is 6.34. The molecule has 122 valence electrons. The molecule has 2 aromatic carbocycles. The number of carboxylic acids is 1. The maximum atomic E-state index is 11.2. The first kappa shape index (κ1) is 14.8. The highest BCUT2D eigenvalue weighted by atomic mass is 16.5. The predicted molar refractivity (Wildman–Crippen MR) is 90.1 cm³/mol. The molecule has 1 heterocycles. The van der Waals surface area contributed by atoms with E-state index >= 15 is 0 Å². The van der Waals surface area contributed by atoms with E-state index in [4.69, 9.17) is 4.74 Å². The fourth-order valence-electron chi connectivity index (χ4n) is 3.89. The highest BCUT2D eigenvalue weighted by Crippen LogP contribution is 2.50. The van der Waals surface area contributed by atoms with Gasteiger partial charge in [-0.1, -0.05) is 30.4 Å². The summed E-state index contributed by atoms with van der Waals surface area (Å²) in [7, 11) is 1.67. The maximum Gasteiger partial charge on any atom is 0.119 e. The number of carboxylic acid groups (broad SMARTS) is 1.